The smallest absolute Gasteiger partial charge is 0.243 e. The summed E-state index contributed by atoms with van der Waals surface area (Å²) in [5.74, 6) is 1.35. The fourth-order valence-corrected chi connectivity index (χ4v) is 2.65. The maximum Gasteiger partial charge on any atom is 0.243 e. The van der Waals surface area contributed by atoms with Crippen molar-refractivity contribution < 1.29 is 4.74 Å². The normalized spacial score (nSPS) is 11.1. The number of hydrogen-bond donors (Lipinski definition) is 1. The molecular formula is C14H16N4OS. The third-order valence-corrected chi connectivity index (χ3v) is 3.72. The van der Waals surface area contributed by atoms with E-state index in [4.69, 9.17) is 4.74 Å². The van der Waals surface area contributed by atoms with Crippen LogP contribution in [0.2, 0.25) is 0 Å². The molecule has 0 spiro atoms. The molecule has 0 radical (unpaired) electrons. The quantitative estimate of drug-likeness (QED) is 0.784. The number of thiazole rings is 1. The zero-order valence-electron chi connectivity index (χ0n) is 11.5. The first-order valence-corrected chi connectivity index (χ1v) is 7.41. The van der Waals surface area contributed by atoms with Gasteiger partial charge in [-0.15, -0.1) is 11.3 Å². The van der Waals surface area contributed by atoms with Crippen molar-refractivity contribution in [3.63, 3.8) is 0 Å². The number of imidazole rings is 1. The summed E-state index contributed by atoms with van der Waals surface area (Å²) < 4.78 is 7.94. The molecule has 0 atom stereocenters. The second kappa shape index (κ2) is 5.60. The van der Waals surface area contributed by atoms with E-state index < -0.39 is 0 Å². The average molecular weight is 288 g/mol. The first-order valence-electron chi connectivity index (χ1n) is 6.53. The lowest BCUT2D eigenvalue weighted by Gasteiger charge is -2.06. The molecule has 0 unspecified atom stereocenters. The summed E-state index contributed by atoms with van der Waals surface area (Å²) in [5, 5.41) is 5.34. The van der Waals surface area contributed by atoms with Crippen molar-refractivity contribution in [1.82, 2.24) is 19.7 Å². The molecule has 3 aromatic heterocycles. The highest BCUT2D eigenvalue weighted by Crippen LogP contribution is 2.27. The van der Waals surface area contributed by atoms with Gasteiger partial charge in [-0.1, -0.05) is 6.92 Å². The van der Waals surface area contributed by atoms with E-state index >= 15 is 0 Å². The molecule has 5 nitrogen and oxygen atoms in total. The van der Waals surface area contributed by atoms with E-state index in [1.807, 2.05) is 30.6 Å². The summed E-state index contributed by atoms with van der Waals surface area (Å²) in [4.78, 5) is 9.71. The van der Waals surface area contributed by atoms with Crippen molar-refractivity contribution in [3.8, 4) is 11.6 Å². The van der Waals surface area contributed by atoms with Gasteiger partial charge < -0.3 is 10.1 Å². The van der Waals surface area contributed by atoms with Gasteiger partial charge in [0, 0.05) is 23.8 Å². The maximum atomic E-state index is 5.88. The fraction of sp³-hybridized carbons (Fsp3) is 0.286. The second-order valence-electron chi connectivity index (χ2n) is 4.44. The van der Waals surface area contributed by atoms with E-state index in [-0.39, 0.29) is 0 Å². The molecule has 0 bridgehead atoms. The van der Waals surface area contributed by atoms with Crippen LogP contribution in [0, 0.1) is 6.92 Å². The van der Waals surface area contributed by atoms with Crippen molar-refractivity contribution in [2.75, 3.05) is 6.54 Å². The van der Waals surface area contributed by atoms with Crippen LogP contribution in [0.3, 0.4) is 0 Å². The van der Waals surface area contributed by atoms with Crippen LogP contribution in [0.1, 0.15) is 18.3 Å². The molecule has 0 aliphatic heterocycles. The van der Waals surface area contributed by atoms with Crippen LogP contribution in [0.25, 0.3) is 4.96 Å². The van der Waals surface area contributed by atoms with Gasteiger partial charge in [0.15, 0.2) is 4.96 Å². The molecule has 0 aliphatic carbocycles. The van der Waals surface area contributed by atoms with Gasteiger partial charge in [-0.05, 0) is 25.6 Å². The molecule has 104 valence electrons. The van der Waals surface area contributed by atoms with Crippen LogP contribution < -0.4 is 10.1 Å². The zero-order chi connectivity index (χ0) is 13.9. The Bertz CT molecular complexity index is 702. The fourth-order valence-electron chi connectivity index (χ4n) is 1.92. The van der Waals surface area contributed by atoms with Crippen molar-refractivity contribution >= 4 is 16.3 Å². The van der Waals surface area contributed by atoms with E-state index in [9.17, 15) is 0 Å². The Hall–Kier alpha value is -1.92. The first kappa shape index (κ1) is 13.1. The van der Waals surface area contributed by atoms with E-state index in [0.29, 0.717) is 11.6 Å². The number of rotatable bonds is 5. The molecule has 20 heavy (non-hydrogen) atoms. The van der Waals surface area contributed by atoms with E-state index in [1.54, 1.807) is 17.5 Å². The molecule has 3 heterocycles. The van der Waals surface area contributed by atoms with Crippen LogP contribution in [0.5, 0.6) is 11.6 Å². The number of ether oxygens (including phenoxy) is 1. The van der Waals surface area contributed by atoms with E-state index in [1.165, 1.54) is 0 Å². The Morgan fingerprint density at radius 1 is 1.40 bits per heavy atom. The van der Waals surface area contributed by atoms with Gasteiger partial charge in [-0.3, -0.25) is 9.38 Å². The number of aryl methyl sites for hydroxylation is 1. The summed E-state index contributed by atoms with van der Waals surface area (Å²) in [6, 6.07) is 3.84. The Morgan fingerprint density at radius 3 is 3.05 bits per heavy atom. The number of nitrogens with zero attached hydrogens (tertiary/aromatic N) is 3. The molecule has 0 saturated carbocycles. The summed E-state index contributed by atoms with van der Waals surface area (Å²) in [7, 11) is 0. The van der Waals surface area contributed by atoms with E-state index in [2.05, 4.69) is 26.6 Å². The Morgan fingerprint density at radius 2 is 2.30 bits per heavy atom. The third kappa shape index (κ3) is 2.52. The van der Waals surface area contributed by atoms with Gasteiger partial charge in [0.2, 0.25) is 5.88 Å². The first-order chi connectivity index (χ1) is 9.78. The minimum absolute atomic E-state index is 0.642. The molecule has 0 aromatic carbocycles. The SMILES string of the molecule is CCNCc1c(Oc2ccc(C)nc2)nc2sccn12. The van der Waals surface area contributed by atoms with Crippen molar-refractivity contribution in [3.05, 3.63) is 41.3 Å². The highest BCUT2D eigenvalue weighted by Gasteiger charge is 2.14. The van der Waals surface area contributed by atoms with Crippen LogP contribution in [0.15, 0.2) is 29.9 Å². The maximum absolute atomic E-state index is 5.88. The lowest BCUT2D eigenvalue weighted by Crippen LogP contribution is -2.13. The van der Waals surface area contributed by atoms with Crippen molar-refractivity contribution in [1.29, 1.82) is 0 Å². The number of fused-ring (bicyclic) bond motifs is 1. The molecule has 0 amide bonds. The Kier molecular flexibility index (Phi) is 3.66. The Labute approximate surface area is 121 Å². The third-order valence-electron chi connectivity index (χ3n) is 2.97. The molecule has 1 N–H and O–H groups in total. The molecule has 0 fully saturated rings. The molecule has 3 rings (SSSR count). The largest absolute Gasteiger partial charge is 0.436 e. The van der Waals surface area contributed by atoms with Crippen LogP contribution in [-0.4, -0.2) is 20.9 Å². The van der Waals surface area contributed by atoms with Crippen LogP contribution in [-0.2, 0) is 6.54 Å². The van der Waals surface area contributed by atoms with E-state index in [0.717, 1.165) is 29.4 Å². The summed E-state index contributed by atoms with van der Waals surface area (Å²) in [6.45, 7) is 5.66. The summed E-state index contributed by atoms with van der Waals surface area (Å²) in [5.41, 5.74) is 2.00. The van der Waals surface area contributed by atoms with Gasteiger partial charge in [-0.2, -0.15) is 4.98 Å². The predicted octanol–water partition coefficient (Wildman–Crippen LogP) is 3.00. The van der Waals surface area contributed by atoms with Gasteiger partial charge >= 0.3 is 0 Å². The number of hydrogen-bond acceptors (Lipinski definition) is 5. The molecule has 6 heteroatoms. The molecular weight excluding hydrogens is 272 g/mol. The molecule has 0 aliphatic rings. The monoisotopic (exact) mass is 288 g/mol. The van der Waals surface area contributed by atoms with Gasteiger partial charge in [0.1, 0.15) is 11.4 Å². The Balaban J connectivity index is 1.93. The van der Waals surface area contributed by atoms with Crippen LogP contribution in [0.4, 0.5) is 0 Å². The zero-order valence-corrected chi connectivity index (χ0v) is 12.3. The topological polar surface area (TPSA) is 51.5 Å². The number of nitrogens with one attached hydrogen (secondary N) is 1. The molecule has 3 aromatic rings. The molecule has 0 saturated heterocycles. The predicted molar refractivity (Wildman–Crippen MR) is 79.5 cm³/mol. The summed E-state index contributed by atoms with van der Waals surface area (Å²) in [6.07, 6.45) is 3.74. The van der Waals surface area contributed by atoms with Crippen molar-refractivity contribution in [2.45, 2.75) is 20.4 Å². The average Bonchev–Trinajstić information content (AvgIpc) is 3.00. The van der Waals surface area contributed by atoms with Gasteiger partial charge in [-0.25, -0.2) is 0 Å². The lowest BCUT2D eigenvalue weighted by atomic mass is 10.4. The number of aromatic nitrogens is 3. The summed E-state index contributed by atoms with van der Waals surface area (Å²) >= 11 is 1.60. The highest BCUT2D eigenvalue weighted by molar-refractivity contribution is 7.15. The van der Waals surface area contributed by atoms with Crippen molar-refractivity contribution in [2.24, 2.45) is 0 Å². The number of pyridine rings is 1. The standard InChI is InChI=1S/C14H16N4OS/c1-3-15-9-12-13(17-14-18(12)6-7-20-14)19-11-5-4-10(2)16-8-11/h4-8,15H,3,9H2,1-2H3. The second-order valence-corrected chi connectivity index (χ2v) is 5.31. The minimum atomic E-state index is 0.642. The van der Waals surface area contributed by atoms with Gasteiger partial charge in [0.25, 0.3) is 0 Å². The van der Waals surface area contributed by atoms with Crippen LogP contribution >= 0.6 is 11.3 Å². The lowest BCUT2D eigenvalue weighted by molar-refractivity contribution is 0.453. The minimum Gasteiger partial charge on any atom is -0.436 e. The van der Waals surface area contributed by atoms with Gasteiger partial charge in [0.05, 0.1) is 6.20 Å². The highest BCUT2D eigenvalue weighted by atomic mass is 32.1.